The predicted molar refractivity (Wildman–Crippen MR) is 425 cm³/mol. The third-order valence-corrected chi connectivity index (χ3v) is 20.1. The summed E-state index contributed by atoms with van der Waals surface area (Å²) in [6.07, 6.45) is 0. The van der Waals surface area contributed by atoms with Crippen molar-refractivity contribution in [2.75, 3.05) is 0 Å². The van der Waals surface area contributed by atoms with Crippen molar-refractivity contribution in [2.45, 2.75) is 7.43 Å². The molecule has 0 spiro atoms. The first kappa shape index (κ1) is 60.7. The van der Waals surface area contributed by atoms with E-state index in [-0.39, 0.29) is 7.43 Å². The van der Waals surface area contributed by atoms with E-state index in [2.05, 4.69) is 289 Å². The van der Waals surface area contributed by atoms with E-state index >= 15 is 0 Å². The number of hydrogen-bond acceptors (Lipinski definition) is 4. The molecule has 0 aliphatic rings. The summed E-state index contributed by atoms with van der Waals surface area (Å²) in [4.78, 5) is 0. The lowest BCUT2D eigenvalue weighted by atomic mass is 9.72. The highest BCUT2D eigenvalue weighted by molar-refractivity contribution is 9.10. The zero-order valence-corrected chi connectivity index (χ0v) is 54.6. The van der Waals surface area contributed by atoms with E-state index in [0.29, 0.717) is 5.46 Å². The standard InChI is InChI=1S/C46H28O.C26H15BrO.C20H15BO2.CH4/c1-2-13-29(14-3-1)43-36-20-7-9-22-38(36)44(39-23-10-8-21-37(39)43)32-16-12-15-30(27-32)31-25-26-42-41(28-31)45-35-19-6-4-17-33(35)34-18-5-11-24-40(34)46(45)47-42;27-18-7-5-6-16(14-18)17-12-13-24-23(15-17)25-21-10-3-1-8-19(21)20-9-2-4-11-22(20)26(25)28-24;22-21(23)20-17-12-6-4-10-15(17)19(14-8-2-1-3-9-14)16-11-5-7-13-18(16)20;/h1-28H;1-15H;1-13,22-23H;1H4. The summed E-state index contributed by atoms with van der Waals surface area (Å²) in [5, 5.41) is 43.2. The molecule has 20 aromatic rings. The molecule has 0 saturated carbocycles. The molecule has 0 amide bonds. The van der Waals surface area contributed by atoms with Gasteiger partial charge in [-0.2, -0.15) is 0 Å². The highest BCUT2D eigenvalue weighted by atomic mass is 79.9. The third-order valence-electron chi connectivity index (χ3n) is 19.6. The van der Waals surface area contributed by atoms with Gasteiger partial charge in [0, 0.05) is 36.8 Å². The lowest BCUT2D eigenvalue weighted by Gasteiger charge is -2.18. The fourth-order valence-corrected chi connectivity index (χ4v) is 15.8. The molecule has 6 heteroatoms. The number of hydrogen-bond donors (Lipinski definition) is 2. The summed E-state index contributed by atoms with van der Waals surface area (Å²) in [6, 6.07) is 119. The van der Waals surface area contributed by atoms with Gasteiger partial charge in [0.1, 0.15) is 22.3 Å². The van der Waals surface area contributed by atoms with Crippen LogP contribution < -0.4 is 5.46 Å². The highest BCUT2D eigenvalue weighted by Crippen LogP contribution is 2.47. The van der Waals surface area contributed by atoms with Crippen molar-refractivity contribution in [3.8, 4) is 55.6 Å². The third kappa shape index (κ3) is 10.4. The maximum atomic E-state index is 9.94. The zero-order chi connectivity index (χ0) is 65.4. The highest BCUT2D eigenvalue weighted by Gasteiger charge is 2.24. The van der Waals surface area contributed by atoms with Gasteiger partial charge in [-0.15, -0.1) is 0 Å². The molecule has 0 fully saturated rings. The average Bonchev–Trinajstić information content (AvgIpc) is 1.74. The van der Waals surface area contributed by atoms with Gasteiger partial charge in [-0.05, 0) is 179 Å². The Morgan fingerprint density at radius 3 is 0.899 bits per heavy atom. The topological polar surface area (TPSA) is 66.7 Å². The minimum Gasteiger partial charge on any atom is -0.455 e. The van der Waals surface area contributed by atoms with Gasteiger partial charge in [0.25, 0.3) is 0 Å². The summed E-state index contributed by atoms with van der Waals surface area (Å²) in [6.45, 7) is 0. The van der Waals surface area contributed by atoms with Gasteiger partial charge in [0.05, 0.1) is 0 Å². The van der Waals surface area contributed by atoms with Crippen molar-refractivity contribution in [3.05, 3.63) is 344 Å². The van der Waals surface area contributed by atoms with E-state index in [9.17, 15) is 10.0 Å². The molecular weight excluding hydrogens is 1270 g/mol. The molecule has 18 aromatic carbocycles. The minimum atomic E-state index is -1.50. The van der Waals surface area contributed by atoms with Crippen LogP contribution in [0.25, 0.3) is 186 Å². The van der Waals surface area contributed by atoms with Gasteiger partial charge in [0.15, 0.2) is 0 Å². The van der Waals surface area contributed by atoms with Crippen molar-refractivity contribution in [1.82, 2.24) is 0 Å². The number of fused-ring (bicyclic) bond motifs is 20. The fourth-order valence-electron chi connectivity index (χ4n) is 15.4. The molecule has 0 aliphatic carbocycles. The Bertz CT molecular complexity index is 6440. The first-order valence-electron chi connectivity index (χ1n) is 33.1. The van der Waals surface area contributed by atoms with Crippen LogP contribution in [0.15, 0.2) is 353 Å². The Morgan fingerprint density at radius 2 is 0.505 bits per heavy atom. The smallest absolute Gasteiger partial charge is 0.455 e. The molecule has 4 nitrogen and oxygen atoms in total. The fraction of sp³-hybridized carbons (Fsp3) is 0.0108. The van der Waals surface area contributed by atoms with Crippen molar-refractivity contribution >= 4 is 159 Å². The number of furan rings is 2. The Labute approximate surface area is 580 Å². The van der Waals surface area contributed by atoms with Gasteiger partial charge < -0.3 is 18.9 Å². The van der Waals surface area contributed by atoms with E-state index in [1.165, 1.54) is 109 Å². The van der Waals surface area contributed by atoms with Crippen LogP contribution in [0.1, 0.15) is 7.43 Å². The average molecular weight is 1330 g/mol. The van der Waals surface area contributed by atoms with Crippen molar-refractivity contribution in [3.63, 3.8) is 0 Å². The zero-order valence-electron chi connectivity index (χ0n) is 53.0. The van der Waals surface area contributed by atoms with Crippen LogP contribution in [0, 0.1) is 0 Å². The van der Waals surface area contributed by atoms with Crippen LogP contribution in [0.5, 0.6) is 0 Å². The lowest BCUT2D eigenvalue weighted by Crippen LogP contribution is -2.31. The van der Waals surface area contributed by atoms with E-state index in [1.807, 2.05) is 66.7 Å². The van der Waals surface area contributed by atoms with Crippen LogP contribution in [0.4, 0.5) is 0 Å². The first-order chi connectivity index (χ1) is 48.4. The predicted octanol–water partition coefficient (Wildman–Crippen LogP) is 25.5. The van der Waals surface area contributed by atoms with Gasteiger partial charge in [-0.3, -0.25) is 0 Å². The lowest BCUT2D eigenvalue weighted by molar-refractivity contribution is 0.426. The molecule has 0 atom stereocenters. The Morgan fingerprint density at radius 1 is 0.222 bits per heavy atom. The van der Waals surface area contributed by atoms with E-state index < -0.39 is 7.12 Å². The Kier molecular flexibility index (Phi) is 15.5. The van der Waals surface area contributed by atoms with Crippen molar-refractivity contribution in [1.29, 1.82) is 0 Å². The van der Waals surface area contributed by atoms with Gasteiger partial charge in [0.2, 0.25) is 0 Å². The second-order valence-corrected chi connectivity index (χ2v) is 26.1. The molecule has 0 bridgehead atoms. The first-order valence-corrected chi connectivity index (χ1v) is 33.9. The maximum Gasteiger partial charge on any atom is 0.489 e. The summed E-state index contributed by atoms with van der Waals surface area (Å²) < 4.78 is 14.1. The van der Waals surface area contributed by atoms with Gasteiger partial charge in [-0.1, -0.05) is 321 Å². The molecular formula is C93H62BBrO4. The molecule has 2 heterocycles. The molecule has 2 N–H and O–H groups in total. The second kappa shape index (κ2) is 25.3. The minimum absolute atomic E-state index is 0. The number of halogens is 1. The van der Waals surface area contributed by atoms with Crippen LogP contribution in [-0.2, 0) is 0 Å². The Hall–Kier alpha value is -11.9. The summed E-state index contributed by atoms with van der Waals surface area (Å²) >= 11 is 3.58. The number of benzene rings is 18. The van der Waals surface area contributed by atoms with Crippen LogP contribution >= 0.6 is 15.9 Å². The quantitative estimate of drug-likeness (QED) is 0.0989. The van der Waals surface area contributed by atoms with Crippen LogP contribution in [0.2, 0.25) is 0 Å². The van der Waals surface area contributed by atoms with Gasteiger partial charge in [-0.25, -0.2) is 0 Å². The molecule has 0 radical (unpaired) electrons. The summed E-state index contributed by atoms with van der Waals surface area (Å²) in [7, 11) is -1.50. The Balaban J connectivity index is 0.000000120. The van der Waals surface area contributed by atoms with E-state index in [4.69, 9.17) is 8.83 Å². The van der Waals surface area contributed by atoms with Crippen molar-refractivity contribution < 1.29 is 18.9 Å². The largest absolute Gasteiger partial charge is 0.489 e. The SMILES string of the molecule is Brc1cccc(-c2ccc3oc4c5ccccc5c5ccccc5c4c3c2)c1.C.OB(O)c1c2ccccc2c(-c2ccccc2)c2ccccc12.c1ccc(-c2c3ccccc3c(-c3cccc(-c4ccc5oc6c7ccccc7c7ccccc7c6c5c4)c3)c3ccccc23)cc1. The van der Waals surface area contributed by atoms with Crippen molar-refractivity contribution in [2.24, 2.45) is 0 Å². The molecule has 0 aliphatic heterocycles. The number of rotatable bonds is 6. The normalized spacial score (nSPS) is 11.5. The summed E-state index contributed by atoms with van der Waals surface area (Å²) in [5.74, 6) is 0. The van der Waals surface area contributed by atoms with Crippen LogP contribution in [-0.4, -0.2) is 17.2 Å². The van der Waals surface area contributed by atoms with Gasteiger partial charge >= 0.3 is 7.12 Å². The molecule has 2 aromatic heterocycles. The second-order valence-electron chi connectivity index (χ2n) is 25.1. The maximum absolute atomic E-state index is 9.94. The van der Waals surface area contributed by atoms with E-state index in [0.717, 1.165) is 81.0 Å². The molecule has 99 heavy (non-hydrogen) atoms. The molecule has 0 saturated heterocycles. The van der Waals surface area contributed by atoms with E-state index in [1.54, 1.807) is 0 Å². The molecule has 20 rings (SSSR count). The monoisotopic (exact) mass is 1330 g/mol. The van der Waals surface area contributed by atoms with Crippen LogP contribution in [0.3, 0.4) is 0 Å². The molecule has 468 valence electrons. The molecule has 0 unspecified atom stereocenters. The summed E-state index contributed by atoms with van der Waals surface area (Å²) in [5.41, 5.74) is 16.3.